The Kier molecular flexibility index (Phi) is 10.6. The Bertz CT molecular complexity index is 855. The molecule has 0 aliphatic rings. The van der Waals surface area contributed by atoms with E-state index in [0.29, 0.717) is 31.2 Å². The van der Waals surface area contributed by atoms with E-state index in [4.69, 9.17) is 0 Å². The van der Waals surface area contributed by atoms with Crippen molar-refractivity contribution in [1.82, 2.24) is 10.2 Å². The van der Waals surface area contributed by atoms with Crippen LogP contribution in [-0.2, 0) is 21.9 Å². The van der Waals surface area contributed by atoms with Crippen molar-refractivity contribution in [1.29, 1.82) is 0 Å². The van der Waals surface area contributed by atoms with Crippen LogP contribution in [0.3, 0.4) is 0 Å². The summed E-state index contributed by atoms with van der Waals surface area (Å²) >= 11 is 5.03. The van der Waals surface area contributed by atoms with Gasteiger partial charge in [-0.25, -0.2) is 0 Å². The predicted molar refractivity (Wildman–Crippen MR) is 134 cm³/mol. The van der Waals surface area contributed by atoms with E-state index < -0.39 is 6.04 Å². The minimum atomic E-state index is -0.473. The van der Waals surface area contributed by atoms with Crippen LogP contribution in [0.4, 0.5) is 0 Å². The lowest BCUT2D eigenvalue weighted by Gasteiger charge is -2.31. The normalized spacial score (nSPS) is 11.9. The molecule has 31 heavy (non-hydrogen) atoms. The molecule has 1 N–H and O–H groups in total. The van der Waals surface area contributed by atoms with E-state index in [1.54, 1.807) is 16.7 Å². The maximum absolute atomic E-state index is 13.3. The Labute approximate surface area is 199 Å². The Morgan fingerprint density at radius 1 is 1.10 bits per heavy atom. The molecule has 0 aliphatic heterocycles. The van der Waals surface area contributed by atoms with Crippen molar-refractivity contribution in [3.63, 3.8) is 0 Å². The molecule has 2 rings (SSSR count). The van der Waals surface area contributed by atoms with Gasteiger partial charge in [-0.3, -0.25) is 9.59 Å². The number of rotatable bonds is 11. The molecule has 0 fully saturated rings. The van der Waals surface area contributed by atoms with Gasteiger partial charge >= 0.3 is 0 Å². The lowest BCUT2D eigenvalue weighted by atomic mass is 10.1. The zero-order valence-corrected chi connectivity index (χ0v) is 21.3. The molecule has 0 unspecified atom stereocenters. The van der Waals surface area contributed by atoms with E-state index >= 15 is 0 Å². The summed E-state index contributed by atoms with van der Waals surface area (Å²) in [6.07, 6.45) is 0.582. The standard InChI is InChI=1S/C25H33BrN2O2S/c1-5-23(25(30)27-14-18(2)3)28(15-21-9-7-6-8-19(21)4)24(29)17-31-16-20-10-12-22(26)13-11-20/h6-13,18,23H,5,14-17H2,1-4H3,(H,27,30)/t23-/m0/s1. The maximum Gasteiger partial charge on any atom is 0.242 e. The Morgan fingerprint density at radius 2 is 1.77 bits per heavy atom. The Morgan fingerprint density at radius 3 is 2.39 bits per heavy atom. The smallest absolute Gasteiger partial charge is 0.242 e. The molecule has 0 saturated heterocycles. The number of benzene rings is 2. The Hall–Kier alpha value is -1.79. The van der Waals surface area contributed by atoms with Crippen molar-refractivity contribution in [2.45, 2.75) is 52.5 Å². The van der Waals surface area contributed by atoms with Gasteiger partial charge in [0.05, 0.1) is 5.75 Å². The maximum atomic E-state index is 13.3. The van der Waals surface area contributed by atoms with Crippen LogP contribution in [0.1, 0.15) is 43.9 Å². The third kappa shape index (κ3) is 8.34. The summed E-state index contributed by atoms with van der Waals surface area (Å²) < 4.78 is 1.04. The monoisotopic (exact) mass is 504 g/mol. The summed E-state index contributed by atoms with van der Waals surface area (Å²) in [7, 11) is 0. The van der Waals surface area contributed by atoms with Gasteiger partial charge in [0, 0.05) is 23.3 Å². The number of amides is 2. The average Bonchev–Trinajstić information content (AvgIpc) is 2.74. The van der Waals surface area contributed by atoms with Gasteiger partial charge in [0.25, 0.3) is 0 Å². The fourth-order valence-electron chi connectivity index (χ4n) is 3.23. The summed E-state index contributed by atoms with van der Waals surface area (Å²) in [6, 6.07) is 15.7. The second kappa shape index (κ2) is 12.9. The highest BCUT2D eigenvalue weighted by Crippen LogP contribution is 2.20. The van der Waals surface area contributed by atoms with Crippen molar-refractivity contribution in [3.05, 3.63) is 69.7 Å². The van der Waals surface area contributed by atoms with Crippen molar-refractivity contribution in [2.75, 3.05) is 12.3 Å². The van der Waals surface area contributed by atoms with Crippen molar-refractivity contribution in [3.8, 4) is 0 Å². The first kappa shape index (κ1) is 25.5. The number of hydrogen-bond donors (Lipinski definition) is 1. The molecule has 2 amide bonds. The molecule has 0 saturated carbocycles. The lowest BCUT2D eigenvalue weighted by Crippen LogP contribution is -2.50. The summed E-state index contributed by atoms with van der Waals surface area (Å²) in [5, 5.41) is 3.01. The van der Waals surface area contributed by atoms with Gasteiger partial charge in [-0.05, 0) is 48.1 Å². The van der Waals surface area contributed by atoms with E-state index in [0.717, 1.165) is 21.4 Å². The zero-order chi connectivity index (χ0) is 22.8. The third-order valence-corrected chi connectivity index (χ3v) is 6.60. The molecule has 2 aromatic rings. The van der Waals surface area contributed by atoms with Gasteiger partial charge in [0.2, 0.25) is 11.8 Å². The van der Waals surface area contributed by atoms with Gasteiger partial charge in [-0.1, -0.05) is 73.1 Å². The van der Waals surface area contributed by atoms with E-state index in [2.05, 4.69) is 47.2 Å². The molecule has 0 aliphatic carbocycles. The average molecular weight is 506 g/mol. The molecule has 2 aromatic carbocycles. The number of thioether (sulfide) groups is 1. The summed E-state index contributed by atoms with van der Waals surface area (Å²) in [5.41, 5.74) is 3.37. The molecule has 0 heterocycles. The van der Waals surface area contributed by atoms with E-state index in [1.165, 1.54) is 5.56 Å². The fraction of sp³-hybridized carbons (Fsp3) is 0.440. The van der Waals surface area contributed by atoms with E-state index in [-0.39, 0.29) is 11.8 Å². The second-order valence-electron chi connectivity index (χ2n) is 8.13. The number of hydrogen-bond acceptors (Lipinski definition) is 3. The van der Waals surface area contributed by atoms with Crippen LogP contribution in [-0.4, -0.2) is 35.1 Å². The number of nitrogens with zero attached hydrogens (tertiary/aromatic N) is 1. The highest BCUT2D eigenvalue weighted by Gasteiger charge is 2.28. The summed E-state index contributed by atoms with van der Waals surface area (Å²) in [5.74, 6) is 1.39. The SMILES string of the molecule is CC[C@@H](C(=O)NCC(C)C)N(Cc1ccccc1C)C(=O)CSCc1ccc(Br)cc1. The first-order chi connectivity index (χ1) is 14.8. The topological polar surface area (TPSA) is 49.4 Å². The molecule has 1 atom stereocenters. The van der Waals surface area contributed by atoms with E-state index in [1.807, 2.05) is 50.2 Å². The quantitative estimate of drug-likeness (QED) is 0.435. The molecule has 0 spiro atoms. The van der Waals surface area contributed by atoms with Gasteiger partial charge < -0.3 is 10.2 Å². The zero-order valence-electron chi connectivity index (χ0n) is 18.9. The molecule has 6 heteroatoms. The first-order valence-corrected chi connectivity index (χ1v) is 12.7. The molecule has 0 radical (unpaired) electrons. The van der Waals surface area contributed by atoms with Crippen LogP contribution in [0.5, 0.6) is 0 Å². The molecule has 0 bridgehead atoms. The van der Waals surface area contributed by atoms with Gasteiger partial charge in [-0.2, -0.15) is 0 Å². The minimum absolute atomic E-state index is 0.00286. The van der Waals surface area contributed by atoms with Crippen LogP contribution < -0.4 is 5.32 Å². The largest absolute Gasteiger partial charge is 0.354 e. The number of halogens is 1. The molecule has 4 nitrogen and oxygen atoms in total. The highest BCUT2D eigenvalue weighted by atomic mass is 79.9. The highest BCUT2D eigenvalue weighted by molar-refractivity contribution is 9.10. The van der Waals surface area contributed by atoms with Gasteiger partial charge in [0.1, 0.15) is 6.04 Å². The number of aryl methyl sites for hydroxylation is 1. The molecular formula is C25H33BrN2O2S. The predicted octanol–water partition coefficient (Wildman–Crippen LogP) is 5.57. The first-order valence-electron chi connectivity index (χ1n) is 10.8. The third-order valence-electron chi connectivity index (χ3n) is 5.08. The molecule has 168 valence electrons. The minimum Gasteiger partial charge on any atom is -0.354 e. The van der Waals surface area contributed by atoms with Crippen LogP contribution in [0.25, 0.3) is 0 Å². The van der Waals surface area contributed by atoms with E-state index in [9.17, 15) is 9.59 Å². The van der Waals surface area contributed by atoms with Crippen LogP contribution >= 0.6 is 27.7 Å². The van der Waals surface area contributed by atoms with Crippen LogP contribution in [0.2, 0.25) is 0 Å². The number of nitrogens with one attached hydrogen (secondary N) is 1. The van der Waals surface area contributed by atoms with Gasteiger partial charge in [0.15, 0.2) is 0 Å². The summed E-state index contributed by atoms with van der Waals surface area (Å²) in [4.78, 5) is 27.9. The Balaban J connectivity index is 2.12. The van der Waals surface area contributed by atoms with Gasteiger partial charge in [-0.15, -0.1) is 11.8 Å². The molecule has 0 aromatic heterocycles. The lowest BCUT2D eigenvalue weighted by molar-refractivity contribution is -0.139. The summed E-state index contributed by atoms with van der Waals surface area (Å²) in [6.45, 7) is 9.19. The fourth-order valence-corrected chi connectivity index (χ4v) is 4.37. The van der Waals surface area contributed by atoms with Crippen molar-refractivity contribution in [2.24, 2.45) is 5.92 Å². The van der Waals surface area contributed by atoms with Crippen LogP contribution in [0.15, 0.2) is 53.0 Å². The molecular weight excluding hydrogens is 472 g/mol. The van der Waals surface area contributed by atoms with Crippen LogP contribution in [0, 0.1) is 12.8 Å². The number of carbonyl (C=O) groups is 2. The number of carbonyl (C=O) groups excluding carboxylic acids is 2. The second-order valence-corrected chi connectivity index (χ2v) is 10.0. The van der Waals surface area contributed by atoms with Crippen molar-refractivity contribution >= 4 is 39.5 Å². The van der Waals surface area contributed by atoms with Crippen molar-refractivity contribution < 1.29 is 9.59 Å².